The van der Waals surface area contributed by atoms with Crippen molar-refractivity contribution in [2.24, 2.45) is 0 Å². The first-order valence-corrected chi connectivity index (χ1v) is 6.00. The van der Waals surface area contributed by atoms with Gasteiger partial charge < -0.3 is 9.73 Å². The van der Waals surface area contributed by atoms with E-state index in [9.17, 15) is 0 Å². The molecule has 1 aromatic heterocycles. The topological polar surface area (TPSA) is 25.2 Å². The van der Waals surface area contributed by atoms with Gasteiger partial charge in [0.15, 0.2) is 0 Å². The Morgan fingerprint density at radius 3 is 2.94 bits per heavy atom. The summed E-state index contributed by atoms with van der Waals surface area (Å²) in [4.78, 5) is 0. The van der Waals surface area contributed by atoms with Crippen molar-refractivity contribution in [2.75, 3.05) is 6.54 Å². The fourth-order valence-corrected chi connectivity index (χ4v) is 1.88. The Kier molecular flexibility index (Phi) is 3.85. The summed E-state index contributed by atoms with van der Waals surface area (Å²) in [6.45, 7) is 3.09. The highest BCUT2D eigenvalue weighted by Crippen LogP contribution is 2.25. The van der Waals surface area contributed by atoms with Gasteiger partial charge in [0, 0.05) is 11.8 Å². The van der Waals surface area contributed by atoms with Crippen LogP contribution in [-0.4, -0.2) is 6.54 Å². The van der Waals surface area contributed by atoms with Crippen molar-refractivity contribution >= 4 is 11.0 Å². The van der Waals surface area contributed by atoms with Crippen LogP contribution < -0.4 is 5.32 Å². The Labute approximate surface area is 102 Å². The molecule has 1 atom stereocenters. The van der Waals surface area contributed by atoms with Gasteiger partial charge in [-0.2, -0.15) is 0 Å². The van der Waals surface area contributed by atoms with E-state index < -0.39 is 0 Å². The normalized spacial score (nSPS) is 12.5. The Balaban J connectivity index is 2.25. The van der Waals surface area contributed by atoms with Gasteiger partial charge >= 0.3 is 0 Å². The molecule has 0 spiro atoms. The molecule has 0 aliphatic heterocycles. The van der Waals surface area contributed by atoms with Crippen LogP contribution in [0.5, 0.6) is 0 Å². The van der Waals surface area contributed by atoms with E-state index in [0.717, 1.165) is 29.7 Å². The highest BCUT2D eigenvalue weighted by molar-refractivity contribution is 5.77. The van der Waals surface area contributed by atoms with Crippen LogP contribution in [0.25, 0.3) is 11.0 Å². The molecule has 2 aromatic rings. The molecule has 17 heavy (non-hydrogen) atoms. The summed E-state index contributed by atoms with van der Waals surface area (Å²) in [5, 5.41) is 4.54. The number of hydrogen-bond donors (Lipinski definition) is 1. The lowest BCUT2D eigenvalue weighted by molar-refractivity contribution is 0.435. The van der Waals surface area contributed by atoms with Crippen molar-refractivity contribution in [1.29, 1.82) is 0 Å². The third kappa shape index (κ3) is 2.69. The molecule has 0 bridgehead atoms. The standard InChI is InChI=1S/C15H17NO/c1-3-7-13(16-10-4-2)15-11-12-8-5-6-9-14(12)17-15/h1,5-6,8-9,11,13,16H,4,7,10H2,2H3. The number of hydrogen-bond acceptors (Lipinski definition) is 2. The maximum Gasteiger partial charge on any atom is 0.134 e. The lowest BCUT2D eigenvalue weighted by Gasteiger charge is -2.12. The first-order chi connectivity index (χ1) is 8.35. The van der Waals surface area contributed by atoms with E-state index in [1.165, 1.54) is 0 Å². The average molecular weight is 227 g/mol. The zero-order chi connectivity index (χ0) is 12.1. The molecule has 0 aliphatic carbocycles. The number of terminal acetylenes is 1. The molecule has 2 heteroatoms. The van der Waals surface area contributed by atoms with Crippen LogP contribution >= 0.6 is 0 Å². The van der Waals surface area contributed by atoms with Crippen molar-refractivity contribution in [3.8, 4) is 12.3 Å². The van der Waals surface area contributed by atoms with Gasteiger partial charge in [0.25, 0.3) is 0 Å². The van der Waals surface area contributed by atoms with Gasteiger partial charge in [0.1, 0.15) is 11.3 Å². The Morgan fingerprint density at radius 1 is 1.41 bits per heavy atom. The highest BCUT2D eigenvalue weighted by Gasteiger charge is 2.14. The highest BCUT2D eigenvalue weighted by atomic mass is 16.3. The average Bonchev–Trinajstić information content (AvgIpc) is 2.78. The van der Waals surface area contributed by atoms with Crippen LogP contribution in [0.15, 0.2) is 34.7 Å². The van der Waals surface area contributed by atoms with E-state index in [1.54, 1.807) is 0 Å². The second-order valence-electron chi connectivity index (χ2n) is 4.10. The second kappa shape index (κ2) is 5.56. The van der Waals surface area contributed by atoms with Gasteiger partial charge in [-0.05, 0) is 25.1 Å². The van der Waals surface area contributed by atoms with Gasteiger partial charge in [0.2, 0.25) is 0 Å². The summed E-state index contributed by atoms with van der Waals surface area (Å²) in [6.07, 6.45) is 7.14. The Morgan fingerprint density at radius 2 is 2.24 bits per heavy atom. The molecular weight excluding hydrogens is 210 g/mol. The SMILES string of the molecule is C#CCC(NCCC)c1cc2ccccc2o1. The lowest BCUT2D eigenvalue weighted by Crippen LogP contribution is -2.21. The van der Waals surface area contributed by atoms with Crippen LogP contribution in [0.4, 0.5) is 0 Å². The molecule has 0 fully saturated rings. The number of nitrogens with one attached hydrogen (secondary N) is 1. The fraction of sp³-hybridized carbons (Fsp3) is 0.333. The lowest BCUT2D eigenvalue weighted by atomic mass is 10.1. The van der Waals surface area contributed by atoms with E-state index in [-0.39, 0.29) is 6.04 Å². The Bertz CT molecular complexity index is 488. The van der Waals surface area contributed by atoms with Crippen molar-refractivity contribution in [1.82, 2.24) is 5.32 Å². The minimum atomic E-state index is 0.118. The molecule has 1 N–H and O–H groups in total. The third-order valence-corrected chi connectivity index (χ3v) is 2.75. The van der Waals surface area contributed by atoms with Gasteiger partial charge in [-0.1, -0.05) is 25.1 Å². The first kappa shape index (κ1) is 11.8. The molecular formula is C15H17NO. The van der Waals surface area contributed by atoms with E-state index >= 15 is 0 Å². The van der Waals surface area contributed by atoms with Crippen LogP contribution in [0.1, 0.15) is 31.6 Å². The largest absolute Gasteiger partial charge is 0.459 e. The summed E-state index contributed by atoms with van der Waals surface area (Å²) >= 11 is 0. The summed E-state index contributed by atoms with van der Waals surface area (Å²) in [7, 11) is 0. The smallest absolute Gasteiger partial charge is 0.134 e. The number of benzene rings is 1. The van der Waals surface area contributed by atoms with Crippen molar-refractivity contribution in [3.05, 3.63) is 36.1 Å². The molecule has 0 aliphatic rings. The number of fused-ring (bicyclic) bond motifs is 1. The van der Waals surface area contributed by atoms with Crippen molar-refractivity contribution in [3.63, 3.8) is 0 Å². The quantitative estimate of drug-likeness (QED) is 0.791. The van der Waals surface area contributed by atoms with E-state index in [4.69, 9.17) is 10.8 Å². The Hall–Kier alpha value is -1.72. The zero-order valence-corrected chi connectivity index (χ0v) is 10.1. The molecule has 2 nitrogen and oxygen atoms in total. The second-order valence-corrected chi connectivity index (χ2v) is 4.10. The summed E-state index contributed by atoms with van der Waals surface area (Å²) < 4.78 is 5.82. The van der Waals surface area contributed by atoms with Crippen LogP contribution in [0, 0.1) is 12.3 Å². The summed E-state index contributed by atoms with van der Waals surface area (Å²) in [6, 6.07) is 10.2. The first-order valence-electron chi connectivity index (χ1n) is 6.00. The van der Waals surface area contributed by atoms with Gasteiger partial charge in [-0.3, -0.25) is 0 Å². The molecule has 0 radical (unpaired) electrons. The predicted molar refractivity (Wildman–Crippen MR) is 70.7 cm³/mol. The summed E-state index contributed by atoms with van der Waals surface area (Å²) in [5.41, 5.74) is 0.919. The predicted octanol–water partition coefficient (Wildman–Crippen LogP) is 3.50. The molecule has 1 unspecified atom stereocenters. The summed E-state index contributed by atoms with van der Waals surface area (Å²) in [5.74, 6) is 3.63. The van der Waals surface area contributed by atoms with Crippen LogP contribution in [0.3, 0.4) is 0 Å². The van der Waals surface area contributed by atoms with Gasteiger partial charge in [0.05, 0.1) is 6.04 Å². The monoisotopic (exact) mass is 227 g/mol. The van der Waals surface area contributed by atoms with E-state index in [0.29, 0.717) is 6.42 Å². The number of para-hydroxylation sites is 1. The minimum absolute atomic E-state index is 0.118. The van der Waals surface area contributed by atoms with Gasteiger partial charge in [-0.25, -0.2) is 0 Å². The zero-order valence-electron chi connectivity index (χ0n) is 10.1. The molecule has 0 amide bonds. The third-order valence-electron chi connectivity index (χ3n) is 2.75. The number of furan rings is 1. The van der Waals surface area contributed by atoms with Crippen LogP contribution in [0.2, 0.25) is 0 Å². The molecule has 0 saturated carbocycles. The van der Waals surface area contributed by atoms with E-state index in [2.05, 4.69) is 30.3 Å². The number of rotatable bonds is 5. The maximum absolute atomic E-state index is 5.82. The maximum atomic E-state index is 5.82. The minimum Gasteiger partial charge on any atom is -0.459 e. The van der Waals surface area contributed by atoms with Gasteiger partial charge in [-0.15, -0.1) is 12.3 Å². The molecule has 1 aromatic carbocycles. The molecule has 2 rings (SSSR count). The molecule has 88 valence electrons. The molecule has 1 heterocycles. The fourth-order valence-electron chi connectivity index (χ4n) is 1.88. The molecule has 0 saturated heterocycles. The van der Waals surface area contributed by atoms with E-state index in [1.807, 2.05) is 18.2 Å². The van der Waals surface area contributed by atoms with Crippen molar-refractivity contribution in [2.45, 2.75) is 25.8 Å². The van der Waals surface area contributed by atoms with Crippen LogP contribution in [-0.2, 0) is 0 Å². The van der Waals surface area contributed by atoms with Crippen molar-refractivity contribution < 1.29 is 4.42 Å².